The summed E-state index contributed by atoms with van der Waals surface area (Å²) in [4.78, 5) is 0. The first-order chi connectivity index (χ1) is 5.55. The fourth-order valence-electron chi connectivity index (χ4n) is 1.12. The van der Waals surface area contributed by atoms with Crippen molar-refractivity contribution in [2.24, 2.45) is 0 Å². The Bertz CT molecular complexity index is 115. The van der Waals surface area contributed by atoms with Gasteiger partial charge in [0, 0.05) is 20.3 Å². The summed E-state index contributed by atoms with van der Waals surface area (Å²) in [7, 11) is 5.39. The Hall–Kier alpha value is -0.120. The monoisotopic (exact) mass is 175 g/mol. The van der Waals surface area contributed by atoms with Gasteiger partial charge in [-0.25, -0.2) is 0 Å². The van der Waals surface area contributed by atoms with E-state index in [4.69, 9.17) is 9.47 Å². The van der Waals surface area contributed by atoms with Crippen molar-refractivity contribution in [1.29, 1.82) is 0 Å². The standard InChI is InChI=1S/C9H21NO2/c1-9(2,12-5)6-8(10-3)7-11-4/h8,10H,6-7H2,1-5H3/t8-/m0/s1. The van der Waals surface area contributed by atoms with Gasteiger partial charge >= 0.3 is 0 Å². The van der Waals surface area contributed by atoms with Crippen molar-refractivity contribution < 1.29 is 9.47 Å². The Morgan fingerprint density at radius 3 is 2.25 bits per heavy atom. The lowest BCUT2D eigenvalue weighted by Crippen LogP contribution is -2.38. The minimum atomic E-state index is -0.0772. The van der Waals surface area contributed by atoms with Crippen molar-refractivity contribution in [3.63, 3.8) is 0 Å². The summed E-state index contributed by atoms with van der Waals surface area (Å²) in [5.74, 6) is 0. The van der Waals surface area contributed by atoms with E-state index in [0.717, 1.165) is 13.0 Å². The molecule has 12 heavy (non-hydrogen) atoms. The third-order valence-corrected chi connectivity index (χ3v) is 2.07. The quantitative estimate of drug-likeness (QED) is 0.654. The smallest absolute Gasteiger partial charge is 0.0638 e. The first-order valence-electron chi connectivity index (χ1n) is 4.27. The van der Waals surface area contributed by atoms with Gasteiger partial charge < -0.3 is 14.8 Å². The molecule has 3 heteroatoms. The Balaban J connectivity index is 3.83. The highest BCUT2D eigenvalue weighted by Gasteiger charge is 2.21. The highest BCUT2D eigenvalue weighted by molar-refractivity contribution is 4.76. The molecule has 0 radical (unpaired) electrons. The molecule has 3 nitrogen and oxygen atoms in total. The van der Waals surface area contributed by atoms with Gasteiger partial charge in [-0.2, -0.15) is 0 Å². The van der Waals surface area contributed by atoms with Crippen molar-refractivity contribution in [1.82, 2.24) is 5.32 Å². The number of methoxy groups -OCH3 is 2. The summed E-state index contributed by atoms with van der Waals surface area (Å²) < 4.78 is 10.4. The van der Waals surface area contributed by atoms with Crippen LogP contribution in [0.15, 0.2) is 0 Å². The Morgan fingerprint density at radius 2 is 1.92 bits per heavy atom. The van der Waals surface area contributed by atoms with E-state index in [-0.39, 0.29) is 5.60 Å². The lowest BCUT2D eigenvalue weighted by atomic mass is 9.99. The average Bonchev–Trinajstić information content (AvgIpc) is 2.03. The zero-order chi connectivity index (χ0) is 9.61. The molecule has 0 rings (SSSR count). The van der Waals surface area contributed by atoms with Crippen LogP contribution in [0.25, 0.3) is 0 Å². The zero-order valence-electron chi connectivity index (χ0n) is 8.81. The fourth-order valence-corrected chi connectivity index (χ4v) is 1.12. The van der Waals surface area contributed by atoms with Crippen LogP contribution in [0.2, 0.25) is 0 Å². The van der Waals surface area contributed by atoms with E-state index in [2.05, 4.69) is 19.2 Å². The summed E-state index contributed by atoms with van der Waals surface area (Å²) in [6.45, 7) is 4.88. The van der Waals surface area contributed by atoms with Gasteiger partial charge in [0.15, 0.2) is 0 Å². The highest BCUT2D eigenvalue weighted by atomic mass is 16.5. The summed E-state index contributed by atoms with van der Waals surface area (Å²) >= 11 is 0. The molecule has 0 amide bonds. The molecule has 1 N–H and O–H groups in total. The number of ether oxygens (including phenoxy) is 2. The second kappa shape index (κ2) is 5.51. The maximum Gasteiger partial charge on any atom is 0.0638 e. The van der Waals surface area contributed by atoms with Gasteiger partial charge in [0.25, 0.3) is 0 Å². The summed E-state index contributed by atoms with van der Waals surface area (Å²) in [6, 6.07) is 0.366. The second-order valence-electron chi connectivity index (χ2n) is 3.61. The third kappa shape index (κ3) is 4.70. The number of nitrogens with one attached hydrogen (secondary N) is 1. The molecule has 0 saturated carbocycles. The maximum atomic E-state index is 5.32. The molecule has 0 bridgehead atoms. The van der Waals surface area contributed by atoms with Crippen LogP contribution in [0.5, 0.6) is 0 Å². The predicted octanol–water partition coefficient (Wildman–Crippen LogP) is 1.04. The molecular formula is C9H21NO2. The molecule has 0 heterocycles. The fraction of sp³-hybridized carbons (Fsp3) is 1.00. The molecule has 0 aromatic heterocycles. The molecule has 0 aromatic rings. The van der Waals surface area contributed by atoms with Gasteiger partial charge in [0.1, 0.15) is 0 Å². The third-order valence-electron chi connectivity index (χ3n) is 2.07. The van der Waals surface area contributed by atoms with Crippen molar-refractivity contribution >= 4 is 0 Å². The van der Waals surface area contributed by atoms with Crippen molar-refractivity contribution in [3.05, 3.63) is 0 Å². The molecule has 0 aliphatic heterocycles. The van der Waals surface area contributed by atoms with Gasteiger partial charge in [-0.3, -0.25) is 0 Å². The van der Waals surface area contributed by atoms with Crippen molar-refractivity contribution in [2.75, 3.05) is 27.9 Å². The molecule has 0 aliphatic carbocycles. The molecule has 0 aliphatic rings. The number of rotatable bonds is 6. The number of hydrogen-bond acceptors (Lipinski definition) is 3. The molecule has 74 valence electrons. The lowest BCUT2D eigenvalue weighted by molar-refractivity contribution is -0.000145. The second-order valence-corrected chi connectivity index (χ2v) is 3.61. The van der Waals surface area contributed by atoms with E-state index in [1.54, 1.807) is 14.2 Å². The van der Waals surface area contributed by atoms with Crippen LogP contribution < -0.4 is 5.32 Å². The Labute approximate surface area is 75.4 Å². The van der Waals surface area contributed by atoms with E-state index in [9.17, 15) is 0 Å². The molecule has 0 fully saturated rings. The van der Waals surface area contributed by atoms with Crippen LogP contribution in [0.1, 0.15) is 20.3 Å². The van der Waals surface area contributed by atoms with Gasteiger partial charge in [0.05, 0.1) is 12.2 Å². The molecule has 1 atom stereocenters. The SMILES string of the molecule is CN[C@H](COC)CC(C)(C)OC. The van der Waals surface area contributed by atoms with E-state index >= 15 is 0 Å². The molecule has 0 unspecified atom stereocenters. The summed E-state index contributed by atoms with van der Waals surface area (Å²) in [5.41, 5.74) is -0.0772. The predicted molar refractivity (Wildman–Crippen MR) is 50.4 cm³/mol. The van der Waals surface area contributed by atoms with Gasteiger partial charge in [-0.05, 0) is 27.3 Å². The number of hydrogen-bond donors (Lipinski definition) is 1. The molecule has 0 spiro atoms. The van der Waals surface area contributed by atoms with Gasteiger partial charge in [-0.15, -0.1) is 0 Å². The average molecular weight is 175 g/mol. The largest absolute Gasteiger partial charge is 0.383 e. The Morgan fingerprint density at radius 1 is 1.33 bits per heavy atom. The van der Waals surface area contributed by atoms with Crippen molar-refractivity contribution in [2.45, 2.75) is 31.9 Å². The molecular weight excluding hydrogens is 154 g/mol. The van der Waals surface area contributed by atoms with Crippen LogP contribution in [-0.2, 0) is 9.47 Å². The highest BCUT2D eigenvalue weighted by Crippen LogP contribution is 2.15. The molecule has 0 aromatic carbocycles. The topological polar surface area (TPSA) is 30.5 Å². The normalized spacial score (nSPS) is 14.8. The van der Waals surface area contributed by atoms with Crippen molar-refractivity contribution in [3.8, 4) is 0 Å². The summed E-state index contributed by atoms with van der Waals surface area (Å²) in [6.07, 6.45) is 0.952. The van der Waals surface area contributed by atoms with Crippen LogP contribution in [0.4, 0.5) is 0 Å². The van der Waals surface area contributed by atoms with Gasteiger partial charge in [0.2, 0.25) is 0 Å². The van der Waals surface area contributed by atoms with E-state index in [1.807, 2.05) is 7.05 Å². The summed E-state index contributed by atoms with van der Waals surface area (Å²) in [5, 5.41) is 3.19. The van der Waals surface area contributed by atoms with Crippen LogP contribution in [-0.4, -0.2) is 39.5 Å². The van der Waals surface area contributed by atoms with Crippen LogP contribution >= 0.6 is 0 Å². The van der Waals surface area contributed by atoms with Gasteiger partial charge in [-0.1, -0.05) is 0 Å². The maximum absolute atomic E-state index is 5.32. The minimum Gasteiger partial charge on any atom is -0.383 e. The first-order valence-corrected chi connectivity index (χ1v) is 4.27. The molecule has 0 saturated heterocycles. The van der Waals surface area contributed by atoms with E-state index in [1.165, 1.54) is 0 Å². The number of likely N-dealkylation sites (N-methyl/N-ethyl adjacent to an activating group) is 1. The van der Waals surface area contributed by atoms with E-state index in [0.29, 0.717) is 6.04 Å². The van der Waals surface area contributed by atoms with Crippen LogP contribution in [0.3, 0.4) is 0 Å². The zero-order valence-corrected chi connectivity index (χ0v) is 8.81. The lowest BCUT2D eigenvalue weighted by Gasteiger charge is -2.27. The van der Waals surface area contributed by atoms with Crippen LogP contribution in [0, 0.1) is 0 Å². The minimum absolute atomic E-state index is 0.0772. The first kappa shape index (κ1) is 11.9. The Kier molecular flexibility index (Phi) is 5.46. The van der Waals surface area contributed by atoms with E-state index < -0.39 is 0 Å².